The van der Waals surface area contributed by atoms with Crippen LogP contribution < -0.4 is 0 Å². The third-order valence-corrected chi connectivity index (χ3v) is 6.95. The topological polar surface area (TPSA) is 53.4 Å². The molecule has 0 bridgehead atoms. The highest BCUT2D eigenvalue weighted by Crippen LogP contribution is 2.39. The Labute approximate surface area is 200 Å². The molecule has 0 spiro atoms. The standard InChI is InChI=1S/C29H31FN4/c1-2-31-24(17-20-5-3-6-20)8-4-7-21-18-27(25-13-15-32-29-26(25)14-16-33-29)28(34-19-21)22-9-11-23(30)12-10-22/h2,9-17,19-21H,3-8,18H2,1H3,(H,32,33)/b24-17-,31-2-. The van der Waals surface area contributed by atoms with Crippen LogP contribution in [0, 0.1) is 17.7 Å². The second-order valence-corrected chi connectivity index (χ2v) is 9.30. The number of H-pyrrole nitrogens is 1. The van der Waals surface area contributed by atoms with Crippen molar-refractivity contribution in [2.75, 3.05) is 0 Å². The van der Waals surface area contributed by atoms with Gasteiger partial charge in [-0.1, -0.05) is 12.5 Å². The van der Waals surface area contributed by atoms with Crippen molar-refractivity contribution in [3.63, 3.8) is 0 Å². The molecule has 1 aromatic carbocycles. The number of nitrogens with zero attached hydrogens (tertiary/aromatic N) is 3. The van der Waals surface area contributed by atoms with Crippen molar-refractivity contribution in [1.82, 2.24) is 9.97 Å². The molecule has 1 saturated carbocycles. The first kappa shape index (κ1) is 22.5. The lowest BCUT2D eigenvalue weighted by atomic mass is 9.84. The Balaban J connectivity index is 1.38. The van der Waals surface area contributed by atoms with Gasteiger partial charge < -0.3 is 4.98 Å². The molecule has 34 heavy (non-hydrogen) atoms. The molecular weight excluding hydrogens is 423 g/mol. The lowest BCUT2D eigenvalue weighted by Crippen LogP contribution is -2.11. The highest BCUT2D eigenvalue weighted by atomic mass is 19.1. The van der Waals surface area contributed by atoms with Crippen molar-refractivity contribution in [2.24, 2.45) is 21.8 Å². The van der Waals surface area contributed by atoms with Crippen LogP contribution in [-0.4, -0.2) is 22.4 Å². The Morgan fingerprint density at radius 2 is 2.03 bits per heavy atom. The van der Waals surface area contributed by atoms with Gasteiger partial charge in [-0.2, -0.15) is 0 Å². The van der Waals surface area contributed by atoms with Crippen molar-refractivity contribution in [3.05, 3.63) is 77.5 Å². The van der Waals surface area contributed by atoms with Crippen LogP contribution in [0.1, 0.15) is 63.0 Å². The molecule has 1 aliphatic heterocycles. The van der Waals surface area contributed by atoms with Crippen LogP contribution >= 0.6 is 0 Å². The molecule has 2 aliphatic rings. The predicted octanol–water partition coefficient (Wildman–Crippen LogP) is 7.61. The number of nitrogens with one attached hydrogen (secondary N) is 1. The van der Waals surface area contributed by atoms with Crippen LogP contribution in [0.2, 0.25) is 0 Å². The maximum Gasteiger partial charge on any atom is 0.137 e. The summed E-state index contributed by atoms with van der Waals surface area (Å²) in [5.41, 5.74) is 6.31. The average Bonchev–Trinajstić information content (AvgIpc) is 3.31. The fourth-order valence-corrected chi connectivity index (χ4v) is 4.94. The number of halogens is 1. The minimum atomic E-state index is -0.235. The third-order valence-electron chi connectivity index (χ3n) is 6.95. The quantitative estimate of drug-likeness (QED) is 0.350. The maximum atomic E-state index is 13.6. The van der Waals surface area contributed by atoms with Gasteiger partial charge in [-0.05, 0) is 105 Å². The molecule has 0 amide bonds. The van der Waals surface area contributed by atoms with Gasteiger partial charge in [-0.3, -0.25) is 9.98 Å². The zero-order valence-electron chi connectivity index (χ0n) is 19.7. The van der Waals surface area contributed by atoms with Gasteiger partial charge in [0.15, 0.2) is 0 Å². The van der Waals surface area contributed by atoms with Crippen molar-refractivity contribution in [1.29, 1.82) is 0 Å². The van der Waals surface area contributed by atoms with E-state index in [1.807, 2.05) is 37.7 Å². The summed E-state index contributed by atoms with van der Waals surface area (Å²) in [7, 11) is 0. The molecule has 0 saturated heterocycles. The fraction of sp³-hybridized carbons (Fsp3) is 0.345. The molecule has 1 fully saturated rings. The predicted molar refractivity (Wildman–Crippen MR) is 139 cm³/mol. The number of fused-ring (bicyclic) bond motifs is 1. The van der Waals surface area contributed by atoms with E-state index in [2.05, 4.69) is 39.4 Å². The smallest absolute Gasteiger partial charge is 0.137 e. The minimum absolute atomic E-state index is 0.235. The van der Waals surface area contributed by atoms with Crippen LogP contribution in [0.5, 0.6) is 0 Å². The van der Waals surface area contributed by atoms with E-state index in [4.69, 9.17) is 4.99 Å². The molecule has 5 rings (SSSR count). The zero-order chi connectivity index (χ0) is 23.3. The minimum Gasteiger partial charge on any atom is -0.346 e. The number of hydrogen-bond donors (Lipinski definition) is 1. The molecule has 2 aromatic heterocycles. The number of aliphatic imine (C=N–C) groups is 2. The van der Waals surface area contributed by atoms with Gasteiger partial charge in [0.05, 0.1) is 5.70 Å². The third kappa shape index (κ3) is 4.93. The highest BCUT2D eigenvalue weighted by molar-refractivity contribution is 6.02. The Morgan fingerprint density at radius 3 is 2.79 bits per heavy atom. The van der Waals surface area contributed by atoms with E-state index >= 15 is 0 Å². The summed E-state index contributed by atoms with van der Waals surface area (Å²) in [6.45, 7) is 1.99. The molecule has 3 aromatic rings. The number of rotatable bonds is 8. The largest absolute Gasteiger partial charge is 0.346 e. The fourth-order valence-electron chi connectivity index (χ4n) is 4.94. The summed E-state index contributed by atoms with van der Waals surface area (Å²) in [5, 5.41) is 1.09. The van der Waals surface area contributed by atoms with E-state index in [0.29, 0.717) is 5.92 Å². The number of allylic oxidation sites excluding steroid dienone is 3. The van der Waals surface area contributed by atoms with Crippen molar-refractivity contribution in [2.45, 2.75) is 51.9 Å². The zero-order valence-corrected chi connectivity index (χ0v) is 19.7. The van der Waals surface area contributed by atoms with Gasteiger partial charge in [0, 0.05) is 41.5 Å². The van der Waals surface area contributed by atoms with E-state index in [1.165, 1.54) is 42.7 Å². The van der Waals surface area contributed by atoms with Crippen LogP contribution in [-0.2, 0) is 0 Å². The second kappa shape index (κ2) is 10.3. The number of pyridine rings is 1. The summed E-state index contributed by atoms with van der Waals surface area (Å²) in [6, 6.07) is 10.8. The molecule has 0 radical (unpaired) electrons. The molecule has 1 aliphatic carbocycles. The molecule has 4 nitrogen and oxygen atoms in total. The van der Waals surface area contributed by atoms with Gasteiger partial charge in [-0.15, -0.1) is 0 Å². The van der Waals surface area contributed by atoms with Gasteiger partial charge in [-0.25, -0.2) is 9.37 Å². The van der Waals surface area contributed by atoms with Gasteiger partial charge in [0.1, 0.15) is 11.5 Å². The molecule has 1 atom stereocenters. The SMILES string of the molecule is C/C=N\C(=C/C1CCC1)CCCC1C=NC(c2ccc(F)cc2)=C(c2ccnc3[nH]ccc23)C1. The Kier molecular flexibility index (Phi) is 6.79. The first-order chi connectivity index (χ1) is 16.7. The Morgan fingerprint density at radius 1 is 1.18 bits per heavy atom. The van der Waals surface area contributed by atoms with Gasteiger partial charge >= 0.3 is 0 Å². The maximum absolute atomic E-state index is 13.6. The van der Waals surface area contributed by atoms with Crippen LogP contribution in [0.3, 0.4) is 0 Å². The van der Waals surface area contributed by atoms with Crippen molar-refractivity contribution >= 4 is 34.7 Å². The molecule has 3 heterocycles. The van der Waals surface area contributed by atoms with Crippen molar-refractivity contribution < 1.29 is 4.39 Å². The Bertz CT molecular complexity index is 1260. The van der Waals surface area contributed by atoms with E-state index < -0.39 is 0 Å². The lowest BCUT2D eigenvalue weighted by Gasteiger charge is -2.24. The summed E-state index contributed by atoms with van der Waals surface area (Å²) in [6.07, 6.45) is 18.2. The van der Waals surface area contributed by atoms with Crippen LogP contribution in [0.15, 0.2) is 70.5 Å². The average molecular weight is 455 g/mol. The summed E-state index contributed by atoms with van der Waals surface area (Å²) in [4.78, 5) is 17.2. The molecular formula is C29H31FN4. The number of aromatic nitrogens is 2. The number of aromatic amines is 1. The Hall–Kier alpha value is -3.34. The van der Waals surface area contributed by atoms with Crippen LogP contribution in [0.25, 0.3) is 22.3 Å². The van der Waals surface area contributed by atoms with Crippen molar-refractivity contribution in [3.8, 4) is 0 Å². The van der Waals surface area contributed by atoms with Crippen LogP contribution in [0.4, 0.5) is 4.39 Å². The normalized spacial score (nSPS) is 19.4. The second-order valence-electron chi connectivity index (χ2n) is 9.30. The van der Waals surface area contributed by atoms with Gasteiger partial charge in [0.25, 0.3) is 0 Å². The van der Waals surface area contributed by atoms with E-state index in [9.17, 15) is 4.39 Å². The molecule has 5 heteroatoms. The van der Waals surface area contributed by atoms with E-state index in [0.717, 1.165) is 59.5 Å². The summed E-state index contributed by atoms with van der Waals surface area (Å²) in [5.74, 6) is 0.844. The summed E-state index contributed by atoms with van der Waals surface area (Å²) < 4.78 is 13.6. The highest BCUT2D eigenvalue weighted by Gasteiger charge is 2.22. The first-order valence-electron chi connectivity index (χ1n) is 12.4. The first-order valence-corrected chi connectivity index (χ1v) is 12.4. The van der Waals surface area contributed by atoms with E-state index in [-0.39, 0.29) is 5.82 Å². The number of hydrogen-bond acceptors (Lipinski definition) is 3. The lowest BCUT2D eigenvalue weighted by molar-refractivity contribution is 0.385. The number of benzene rings is 1. The van der Waals surface area contributed by atoms with Gasteiger partial charge in [0.2, 0.25) is 0 Å². The monoisotopic (exact) mass is 454 g/mol. The summed E-state index contributed by atoms with van der Waals surface area (Å²) >= 11 is 0. The van der Waals surface area contributed by atoms with E-state index in [1.54, 1.807) is 0 Å². The molecule has 1 unspecified atom stereocenters. The molecule has 174 valence electrons. The molecule has 1 N–H and O–H groups in total.